The number of para-hydroxylation sites is 1. The molecule has 0 fully saturated rings. The molecular weight excluding hydrogens is 360 g/mol. The van der Waals surface area contributed by atoms with Gasteiger partial charge in [0.25, 0.3) is 5.91 Å². The van der Waals surface area contributed by atoms with Crippen LogP contribution >= 0.6 is 23.4 Å². The van der Waals surface area contributed by atoms with Gasteiger partial charge in [-0.2, -0.15) is 5.26 Å². The van der Waals surface area contributed by atoms with Crippen LogP contribution < -0.4 is 5.32 Å². The highest BCUT2D eigenvalue weighted by Gasteiger charge is 2.19. The number of anilines is 1. The number of nitrogens with one attached hydrogen (secondary N) is 1. The molecule has 1 atom stereocenters. The molecule has 7 heteroatoms. The maximum Gasteiger partial charge on any atom is 0.317 e. The number of ether oxygens (including phenoxy) is 1. The van der Waals surface area contributed by atoms with Crippen LogP contribution in [-0.2, 0) is 14.3 Å². The van der Waals surface area contributed by atoms with Crippen molar-refractivity contribution in [1.82, 2.24) is 0 Å². The van der Waals surface area contributed by atoms with Gasteiger partial charge in [-0.05, 0) is 31.2 Å². The van der Waals surface area contributed by atoms with E-state index < -0.39 is 18.0 Å². The van der Waals surface area contributed by atoms with E-state index in [1.54, 1.807) is 42.5 Å². The van der Waals surface area contributed by atoms with E-state index in [9.17, 15) is 9.59 Å². The van der Waals surface area contributed by atoms with Gasteiger partial charge < -0.3 is 10.1 Å². The second-order valence-electron chi connectivity index (χ2n) is 5.00. The topological polar surface area (TPSA) is 79.2 Å². The average molecular weight is 375 g/mol. The highest BCUT2D eigenvalue weighted by molar-refractivity contribution is 8.00. The molecule has 0 saturated carbocycles. The van der Waals surface area contributed by atoms with Gasteiger partial charge in [0.2, 0.25) is 0 Å². The molecule has 5 nitrogen and oxygen atoms in total. The van der Waals surface area contributed by atoms with E-state index in [2.05, 4.69) is 5.32 Å². The largest absolute Gasteiger partial charge is 0.452 e. The summed E-state index contributed by atoms with van der Waals surface area (Å²) in [7, 11) is 0. The summed E-state index contributed by atoms with van der Waals surface area (Å²) in [5.74, 6) is -0.990. The van der Waals surface area contributed by atoms with Crippen LogP contribution in [-0.4, -0.2) is 23.7 Å². The van der Waals surface area contributed by atoms with Gasteiger partial charge >= 0.3 is 5.97 Å². The van der Waals surface area contributed by atoms with E-state index in [0.717, 1.165) is 4.90 Å². The first-order chi connectivity index (χ1) is 12.0. The molecule has 25 heavy (non-hydrogen) atoms. The Morgan fingerprint density at radius 2 is 1.92 bits per heavy atom. The van der Waals surface area contributed by atoms with E-state index in [0.29, 0.717) is 16.3 Å². The van der Waals surface area contributed by atoms with Crippen molar-refractivity contribution in [3.05, 3.63) is 59.1 Å². The van der Waals surface area contributed by atoms with Crippen molar-refractivity contribution in [2.75, 3.05) is 11.1 Å². The van der Waals surface area contributed by atoms with Crippen molar-refractivity contribution in [2.24, 2.45) is 0 Å². The number of halogens is 1. The predicted octanol–water partition coefficient (Wildman–Crippen LogP) is 3.87. The first kappa shape index (κ1) is 18.8. The lowest BCUT2D eigenvalue weighted by Gasteiger charge is -2.14. The van der Waals surface area contributed by atoms with Gasteiger partial charge in [-0.1, -0.05) is 35.9 Å². The zero-order valence-corrected chi connectivity index (χ0v) is 14.9. The summed E-state index contributed by atoms with van der Waals surface area (Å²) in [6.07, 6.45) is -0.980. The van der Waals surface area contributed by atoms with Crippen molar-refractivity contribution in [2.45, 2.75) is 17.9 Å². The van der Waals surface area contributed by atoms with Crippen LogP contribution in [0.1, 0.15) is 12.5 Å². The minimum atomic E-state index is -0.980. The lowest BCUT2D eigenvalue weighted by molar-refractivity contribution is -0.150. The molecule has 0 heterocycles. The van der Waals surface area contributed by atoms with Crippen molar-refractivity contribution in [3.63, 3.8) is 0 Å². The van der Waals surface area contributed by atoms with Crippen molar-refractivity contribution in [1.29, 1.82) is 5.26 Å². The second-order valence-corrected chi connectivity index (χ2v) is 6.42. The molecule has 2 aromatic rings. The molecule has 0 aliphatic heterocycles. The van der Waals surface area contributed by atoms with Gasteiger partial charge in [0, 0.05) is 4.90 Å². The third-order valence-corrected chi connectivity index (χ3v) is 4.65. The number of carbonyl (C=O) groups is 2. The average Bonchev–Trinajstić information content (AvgIpc) is 2.61. The molecule has 1 N–H and O–H groups in total. The molecule has 0 radical (unpaired) electrons. The zero-order valence-electron chi connectivity index (χ0n) is 13.4. The predicted molar refractivity (Wildman–Crippen MR) is 97.5 cm³/mol. The van der Waals surface area contributed by atoms with Crippen LogP contribution in [0.4, 0.5) is 5.69 Å². The first-order valence-electron chi connectivity index (χ1n) is 7.38. The Balaban J connectivity index is 1.87. The summed E-state index contributed by atoms with van der Waals surface area (Å²) in [6.45, 7) is 1.47. The van der Waals surface area contributed by atoms with Crippen molar-refractivity contribution >= 4 is 40.9 Å². The van der Waals surface area contributed by atoms with Crippen LogP contribution in [0.3, 0.4) is 0 Å². The third-order valence-electron chi connectivity index (χ3n) is 3.17. The Bertz CT molecular complexity index is 820. The standard InChI is InChI=1S/C18H15ClN2O3S/c1-12(18(23)21-15-8-4-2-6-13(15)10-20)24-17(22)11-25-16-9-5-3-7-14(16)19/h2-9,12H,11H2,1H3,(H,21,23). The monoisotopic (exact) mass is 374 g/mol. The van der Waals surface area contributed by atoms with E-state index in [4.69, 9.17) is 21.6 Å². The van der Waals surface area contributed by atoms with E-state index in [1.165, 1.54) is 18.7 Å². The third kappa shape index (κ3) is 5.52. The summed E-state index contributed by atoms with van der Waals surface area (Å²) in [5.41, 5.74) is 0.715. The molecule has 1 unspecified atom stereocenters. The Morgan fingerprint density at radius 1 is 1.24 bits per heavy atom. The maximum absolute atomic E-state index is 12.1. The summed E-state index contributed by atoms with van der Waals surface area (Å²) >= 11 is 7.26. The van der Waals surface area contributed by atoms with E-state index >= 15 is 0 Å². The lowest BCUT2D eigenvalue weighted by atomic mass is 10.2. The van der Waals surface area contributed by atoms with Crippen molar-refractivity contribution in [3.8, 4) is 6.07 Å². The number of nitrogens with zero attached hydrogens (tertiary/aromatic N) is 1. The second kappa shape index (κ2) is 9.11. The SMILES string of the molecule is CC(OC(=O)CSc1ccccc1Cl)C(=O)Nc1ccccc1C#N. The quantitative estimate of drug-likeness (QED) is 0.613. The normalized spacial score (nSPS) is 11.2. The number of esters is 1. The molecular formula is C18H15ClN2O3S. The molecule has 0 aliphatic rings. The minimum Gasteiger partial charge on any atom is -0.452 e. The van der Waals surface area contributed by atoms with Gasteiger partial charge in [0.15, 0.2) is 6.10 Å². The fraction of sp³-hybridized carbons (Fsp3) is 0.167. The summed E-state index contributed by atoms with van der Waals surface area (Å²) < 4.78 is 5.12. The summed E-state index contributed by atoms with van der Waals surface area (Å²) in [6, 6.07) is 15.7. The molecule has 0 saturated heterocycles. The fourth-order valence-electron chi connectivity index (χ4n) is 1.91. The van der Waals surface area contributed by atoms with Crippen LogP contribution in [0.5, 0.6) is 0 Å². The molecule has 0 aliphatic carbocycles. The fourth-order valence-corrected chi connectivity index (χ4v) is 2.93. The minimum absolute atomic E-state index is 0.0378. The molecule has 1 amide bonds. The molecule has 0 bridgehead atoms. The molecule has 2 aromatic carbocycles. The Kier molecular flexibility index (Phi) is 6.87. The molecule has 0 spiro atoms. The smallest absolute Gasteiger partial charge is 0.317 e. The Morgan fingerprint density at radius 3 is 2.64 bits per heavy atom. The highest BCUT2D eigenvalue weighted by Crippen LogP contribution is 2.26. The van der Waals surface area contributed by atoms with E-state index in [1.807, 2.05) is 12.1 Å². The summed E-state index contributed by atoms with van der Waals surface area (Å²) in [5, 5.41) is 12.2. The molecule has 128 valence electrons. The number of amides is 1. The Labute approximate surface area is 154 Å². The van der Waals surface area contributed by atoms with Crippen LogP contribution in [0.2, 0.25) is 5.02 Å². The number of hydrogen-bond acceptors (Lipinski definition) is 5. The number of benzene rings is 2. The van der Waals surface area contributed by atoms with E-state index in [-0.39, 0.29) is 5.75 Å². The maximum atomic E-state index is 12.1. The first-order valence-corrected chi connectivity index (χ1v) is 8.74. The van der Waals surface area contributed by atoms with Crippen molar-refractivity contribution < 1.29 is 14.3 Å². The lowest BCUT2D eigenvalue weighted by Crippen LogP contribution is -2.30. The van der Waals surface area contributed by atoms with Gasteiger partial charge in [-0.25, -0.2) is 0 Å². The van der Waals surface area contributed by atoms with Gasteiger partial charge in [0.05, 0.1) is 22.0 Å². The Hall–Kier alpha value is -2.49. The van der Waals surface area contributed by atoms with Gasteiger partial charge in [-0.15, -0.1) is 11.8 Å². The number of rotatable bonds is 6. The number of thioether (sulfide) groups is 1. The van der Waals surface area contributed by atoms with Gasteiger partial charge in [0.1, 0.15) is 6.07 Å². The number of hydrogen-bond donors (Lipinski definition) is 1. The van der Waals surface area contributed by atoms with Gasteiger partial charge in [-0.3, -0.25) is 9.59 Å². The van der Waals surface area contributed by atoms with Crippen LogP contribution in [0.25, 0.3) is 0 Å². The number of carbonyl (C=O) groups excluding carboxylic acids is 2. The number of nitriles is 1. The van der Waals surface area contributed by atoms with Crippen LogP contribution in [0.15, 0.2) is 53.4 Å². The zero-order chi connectivity index (χ0) is 18.2. The highest BCUT2D eigenvalue weighted by atomic mass is 35.5. The molecule has 0 aromatic heterocycles. The summed E-state index contributed by atoms with van der Waals surface area (Å²) in [4.78, 5) is 24.8. The van der Waals surface area contributed by atoms with Crippen LogP contribution in [0, 0.1) is 11.3 Å². The molecule has 2 rings (SSSR count).